The number of pyridine rings is 1. The Morgan fingerprint density at radius 3 is 1.84 bits per heavy atom. The van der Waals surface area contributed by atoms with Crippen molar-refractivity contribution in [1.82, 2.24) is 14.5 Å². The molecular formula is C64H65N3O. The van der Waals surface area contributed by atoms with Crippen molar-refractivity contribution >= 4 is 11.0 Å². The number of aromatic nitrogens is 3. The van der Waals surface area contributed by atoms with Crippen molar-refractivity contribution in [2.75, 3.05) is 0 Å². The van der Waals surface area contributed by atoms with Crippen molar-refractivity contribution in [3.63, 3.8) is 0 Å². The number of hydrogen-bond donors (Lipinski definition) is 1. The lowest BCUT2D eigenvalue weighted by molar-refractivity contribution is 0.426. The average molecular weight is 895 g/mol. The van der Waals surface area contributed by atoms with Crippen molar-refractivity contribution < 1.29 is 9.22 Å². The topological polar surface area (TPSA) is 50.9 Å². The zero-order valence-corrected chi connectivity index (χ0v) is 41.1. The van der Waals surface area contributed by atoms with E-state index in [1.165, 1.54) is 16.7 Å². The monoisotopic (exact) mass is 895 g/mol. The standard InChI is InChI=1S/C64H65N3O/c1-11-63(9,12-2)54-23-19-24-55(64(10,13-3)14-4)59(54)48-30-31-57(43(7)36-48)67-58-25-18-22-52(60(58)66-62(67)53-35-42(6)34-44(8)61(53)68)50-37-49(45-20-16-15-17-21-45)38-51(39-50)56-40-47(32-33-65-56)46-28-26-41(5)27-29-46/h15-40,68H,11-14H2,1-10H3/i7D3. The number of para-hydroxylation sites is 1. The molecule has 0 fully saturated rings. The SMILES string of the molecule is [2H]C([2H])([2H])c1cc(-c2c(C(C)(CC)CC)cccc2C(C)(CC)CC)ccc1-n1c(-c2cc(C)cc(C)c2O)nc2c(-c3cc(-c4ccccc4)cc(-c4cc(-c5ccc(C)cc5)ccn4)c3)cccc21. The zero-order chi connectivity index (χ0) is 50.4. The van der Waals surface area contributed by atoms with Crippen LogP contribution in [0, 0.1) is 27.6 Å². The predicted octanol–water partition coefficient (Wildman–Crippen LogP) is 17.5. The summed E-state index contributed by atoms with van der Waals surface area (Å²) in [5.41, 5.74) is 17.6. The van der Waals surface area contributed by atoms with Gasteiger partial charge in [0.2, 0.25) is 0 Å². The van der Waals surface area contributed by atoms with Crippen LogP contribution in [0.3, 0.4) is 0 Å². The van der Waals surface area contributed by atoms with Crippen LogP contribution in [-0.2, 0) is 10.8 Å². The second kappa shape index (κ2) is 18.6. The van der Waals surface area contributed by atoms with Gasteiger partial charge >= 0.3 is 0 Å². The highest BCUT2D eigenvalue weighted by Crippen LogP contribution is 2.47. The zero-order valence-electron chi connectivity index (χ0n) is 44.1. The molecule has 4 heteroatoms. The molecule has 0 bridgehead atoms. The first-order valence-electron chi connectivity index (χ1n) is 25.9. The molecular weight excluding hydrogens is 827 g/mol. The van der Waals surface area contributed by atoms with E-state index in [1.54, 1.807) is 0 Å². The third kappa shape index (κ3) is 8.36. The van der Waals surface area contributed by atoms with Gasteiger partial charge in [-0.05, 0) is 185 Å². The van der Waals surface area contributed by atoms with Crippen LogP contribution in [0.4, 0.5) is 0 Å². The van der Waals surface area contributed by atoms with E-state index in [0.717, 1.165) is 92.5 Å². The third-order valence-corrected chi connectivity index (χ3v) is 15.2. The minimum Gasteiger partial charge on any atom is -0.507 e. The minimum absolute atomic E-state index is 0.101. The fourth-order valence-corrected chi connectivity index (χ4v) is 10.1. The number of benzene rings is 7. The van der Waals surface area contributed by atoms with Gasteiger partial charge in [-0.15, -0.1) is 0 Å². The van der Waals surface area contributed by atoms with Gasteiger partial charge in [0.15, 0.2) is 0 Å². The van der Waals surface area contributed by atoms with Crippen molar-refractivity contribution in [2.45, 2.75) is 106 Å². The van der Waals surface area contributed by atoms with E-state index >= 15 is 0 Å². The quantitative estimate of drug-likeness (QED) is 0.125. The van der Waals surface area contributed by atoms with Gasteiger partial charge in [0.05, 0.1) is 28.0 Å². The Morgan fingerprint density at radius 2 is 1.16 bits per heavy atom. The van der Waals surface area contributed by atoms with Gasteiger partial charge in [0.1, 0.15) is 11.6 Å². The normalized spacial score (nSPS) is 12.8. The number of imidazole rings is 1. The molecule has 7 aromatic carbocycles. The van der Waals surface area contributed by atoms with E-state index in [2.05, 4.69) is 152 Å². The molecule has 4 nitrogen and oxygen atoms in total. The first-order valence-corrected chi connectivity index (χ1v) is 24.4. The molecule has 342 valence electrons. The molecule has 0 aliphatic heterocycles. The highest BCUT2D eigenvalue weighted by atomic mass is 16.3. The van der Waals surface area contributed by atoms with E-state index in [4.69, 9.17) is 9.97 Å². The number of aryl methyl sites for hydroxylation is 4. The third-order valence-electron chi connectivity index (χ3n) is 15.2. The summed E-state index contributed by atoms with van der Waals surface area (Å²) in [4.78, 5) is 10.4. The lowest BCUT2D eigenvalue weighted by Gasteiger charge is -2.36. The number of phenolic OH excluding ortho intramolecular Hbond substituents is 1. The van der Waals surface area contributed by atoms with E-state index in [-0.39, 0.29) is 22.1 Å². The molecule has 2 heterocycles. The second-order valence-electron chi connectivity index (χ2n) is 19.4. The van der Waals surface area contributed by atoms with Crippen LogP contribution in [0.5, 0.6) is 5.75 Å². The first-order chi connectivity index (χ1) is 34.0. The summed E-state index contributed by atoms with van der Waals surface area (Å²) < 4.78 is 29.8. The van der Waals surface area contributed by atoms with E-state index in [0.29, 0.717) is 28.2 Å². The molecule has 0 aliphatic carbocycles. The Balaban J connectivity index is 1.33. The van der Waals surface area contributed by atoms with Gasteiger partial charge in [-0.2, -0.15) is 0 Å². The molecule has 0 radical (unpaired) electrons. The molecule has 0 unspecified atom stereocenters. The summed E-state index contributed by atoms with van der Waals surface area (Å²) in [5, 5.41) is 12.0. The van der Waals surface area contributed by atoms with E-state index in [9.17, 15) is 9.22 Å². The van der Waals surface area contributed by atoms with Crippen molar-refractivity contribution in [3.8, 4) is 78.6 Å². The highest BCUT2D eigenvalue weighted by Gasteiger charge is 2.33. The molecule has 0 spiro atoms. The van der Waals surface area contributed by atoms with Gasteiger partial charge in [0, 0.05) is 21.4 Å². The average Bonchev–Trinajstić information content (AvgIpc) is 3.78. The summed E-state index contributed by atoms with van der Waals surface area (Å²) in [6, 6.07) is 52.4. The summed E-state index contributed by atoms with van der Waals surface area (Å²) in [7, 11) is 0. The summed E-state index contributed by atoms with van der Waals surface area (Å²) in [6.07, 6.45) is 5.64. The maximum Gasteiger partial charge on any atom is 0.149 e. The maximum atomic E-state index is 12.0. The van der Waals surface area contributed by atoms with Crippen molar-refractivity contribution in [1.29, 1.82) is 0 Å². The van der Waals surface area contributed by atoms with Crippen LogP contribution in [0.1, 0.15) is 105 Å². The Morgan fingerprint density at radius 1 is 0.529 bits per heavy atom. The number of fused-ring (bicyclic) bond motifs is 1. The fourth-order valence-electron chi connectivity index (χ4n) is 10.1. The number of aromatic hydroxyl groups is 1. The predicted molar refractivity (Wildman–Crippen MR) is 288 cm³/mol. The van der Waals surface area contributed by atoms with Gasteiger partial charge < -0.3 is 5.11 Å². The molecule has 0 saturated heterocycles. The number of rotatable bonds is 13. The summed E-state index contributed by atoms with van der Waals surface area (Å²) in [6.45, 7) is 17.1. The summed E-state index contributed by atoms with van der Waals surface area (Å²) >= 11 is 0. The largest absolute Gasteiger partial charge is 0.507 e. The smallest absolute Gasteiger partial charge is 0.149 e. The Kier molecular flexibility index (Phi) is 11.6. The lowest BCUT2D eigenvalue weighted by Crippen LogP contribution is -2.25. The molecule has 1 N–H and O–H groups in total. The second-order valence-corrected chi connectivity index (χ2v) is 19.4. The molecule has 68 heavy (non-hydrogen) atoms. The van der Waals surface area contributed by atoms with E-state index in [1.807, 2.05) is 73.1 Å². The van der Waals surface area contributed by atoms with Gasteiger partial charge in [-0.25, -0.2) is 4.98 Å². The van der Waals surface area contributed by atoms with Crippen LogP contribution < -0.4 is 0 Å². The molecule has 2 aromatic heterocycles. The van der Waals surface area contributed by atoms with Crippen molar-refractivity contribution in [3.05, 3.63) is 191 Å². The van der Waals surface area contributed by atoms with Crippen LogP contribution >= 0.6 is 0 Å². The van der Waals surface area contributed by atoms with Gasteiger partial charge in [-0.3, -0.25) is 9.55 Å². The first kappa shape index (κ1) is 42.3. The molecule has 0 saturated carbocycles. The van der Waals surface area contributed by atoms with Crippen LogP contribution in [0.2, 0.25) is 0 Å². The van der Waals surface area contributed by atoms with Crippen LogP contribution in [0.15, 0.2) is 158 Å². The number of nitrogens with zero attached hydrogens (tertiary/aromatic N) is 3. The maximum absolute atomic E-state index is 12.0. The Bertz CT molecular complexity index is 3380. The number of hydrogen-bond acceptors (Lipinski definition) is 3. The summed E-state index contributed by atoms with van der Waals surface area (Å²) in [5.74, 6) is 0.557. The van der Waals surface area contributed by atoms with E-state index < -0.39 is 6.85 Å². The van der Waals surface area contributed by atoms with Gasteiger partial charge in [-0.1, -0.05) is 144 Å². The lowest BCUT2D eigenvalue weighted by atomic mass is 9.68. The number of phenols is 1. The molecule has 9 aromatic rings. The van der Waals surface area contributed by atoms with Crippen molar-refractivity contribution in [2.24, 2.45) is 0 Å². The molecule has 0 amide bonds. The van der Waals surface area contributed by atoms with Gasteiger partial charge in [0.25, 0.3) is 0 Å². The molecule has 0 atom stereocenters. The Labute approximate surface area is 408 Å². The minimum atomic E-state index is -2.52. The van der Waals surface area contributed by atoms with Crippen LogP contribution in [0.25, 0.3) is 83.9 Å². The fraction of sp³-hybridized carbons (Fsp3) is 0.250. The van der Waals surface area contributed by atoms with Crippen LogP contribution in [-0.4, -0.2) is 19.6 Å². The molecule has 0 aliphatic rings. The Hall–Kier alpha value is -7.04. The molecule has 9 rings (SSSR count). The highest BCUT2D eigenvalue weighted by molar-refractivity contribution is 5.98.